The zero-order valence-corrected chi connectivity index (χ0v) is 12.7. The minimum absolute atomic E-state index is 0.347. The Hall–Kier alpha value is -1.49. The van der Waals surface area contributed by atoms with Crippen LogP contribution >= 0.6 is 15.9 Å². The maximum Gasteiger partial charge on any atom is 0.338 e. The standard InChI is InChI=1S/C14H15BrN2O2/c1-14(2,3)19-13(18)9-4-5-11-12(6-9)16-8-10(7-15)17-11/h4-6,8H,7H2,1-3H3. The lowest BCUT2D eigenvalue weighted by Crippen LogP contribution is -2.23. The lowest BCUT2D eigenvalue weighted by molar-refractivity contribution is 0.00697. The molecule has 0 spiro atoms. The van der Waals surface area contributed by atoms with E-state index in [2.05, 4.69) is 25.9 Å². The Labute approximate surface area is 120 Å². The number of nitrogens with zero attached hydrogens (tertiary/aromatic N) is 2. The number of rotatable bonds is 2. The van der Waals surface area contributed by atoms with Crippen molar-refractivity contribution in [3.05, 3.63) is 35.7 Å². The Balaban J connectivity index is 2.34. The lowest BCUT2D eigenvalue weighted by Gasteiger charge is -2.19. The molecule has 0 aliphatic rings. The quantitative estimate of drug-likeness (QED) is 0.627. The van der Waals surface area contributed by atoms with Crippen molar-refractivity contribution >= 4 is 32.9 Å². The monoisotopic (exact) mass is 322 g/mol. The van der Waals surface area contributed by atoms with Crippen LogP contribution in [-0.4, -0.2) is 21.5 Å². The fourth-order valence-electron chi connectivity index (χ4n) is 1.58. The summed E-state index contributed by atoms with van der Waals surface area (Å²) in [4.78, 5) is 20.6. The van der Waals surface area contributed by atoms with Crippen LogP contribution in [0.15, 0.2) is 24.4 Å². The van der Waals surface area contributed by atoms with E-state index in [-0.39, 0.29) is 5.97 Å². The molecule has 0 aliphatic carbocycles. The summed E-state index contributed by atoms with van der Waals surface area (Å²) in [5.41, 5.74) is 2.30. The van der Waals surface area contributed by atoms with Gasteiger partial charge in [-0.2, -0.15) is 0 Å². The van der Waals surface area contributed by atoms with Gasteiger partial charge in [-0.3, -0.25) is 4.98 Å². The Morgan fingerprint density at radius 1 is 1.32 bits per heavy atom. The normalized spacial score (nSPS) is 11.6. The minimum atomic E-state index is -0.502. The first-order chi connectivity index (χ1) is 8.89. The molecule has 0 saturated heterocycles. The molecule has 100 valence electrons. The highest BCUT2D eigenvalue weighted by molar-refractivity contribution is 9.08. The molecular weight excluding hydrogens is 308 g/mol. The van der Waals surface area contributed by atoms with Gasteiger partial charge in [0, 0.05) is 11.5 Å². The van der Waals surface area contributed by atoms with Crippen molar-refractivity contribution in [1.29, 1.82) is 0 Å². The lowest BCUT2D eigenvalue weighted by atomic mass is 10.1. The molecule has 2 rings (SSSR count). The van der Waals surface area contributed by atoms with Crippen molar-refractivity contribution in [3.8, 4) is 0 Å². The van der Waals surface area contributed by atoms with Gasteiger partial charge in [-0.15, -0.1) is 0 Å². The molecule has 2 aromatic rings. The molecular formula is C14H15BrN2O2. The van der Waals surface area contributed by atoms with Crippen molar-refractivity contribution in [2.45, 2.75) is 31.7 Å². The van der Waals surface area contributed by atoms with Gasteiger partial charge < -0.3 is 4.74 Å². The highest BCUT2D eigenvalue weighted by atomic mass is 79.9. The van der Waals surface area contributed by atoms with Crippen molar-refractivity contribution in [1.82, 2.24) is 9.97 Å². The summed E-state index contributed by atoms with van der Waals surface area (Å²) in [5.74, 6) is -0.347. The molecule has 0 bridgehead atoms. The van der Waals surface area contributed by atoms with Crippen molar-refractivity contribution in [2.24, 2.45) is 0 Å². The Bertz CT molecular complexity index is 620. The molecule has 4 nitrogen and oxygen atoms in total. The molecule has 1 aromatic heterocycles. The van der Waals surface area contributed by atoms with Crippen molar-refractivity contribution in [2.75, 3.05) is 0 Å². The molecule has 0 aliphatic heterocycles. The molecule has 0 amide bonds. The molecule has 0 atom stereocenters. The van der Waals surface area contributed by atoms with E-state index >= 15 is 0 Å². The number of alkyl halides is 1. The number of benzene rings is 1. The van der Waals surface area contributed by atoms with E-state index in [1.807, 2.05) is 20.8 Å². The number of carbonyl (C=O) groups is 1. The van der Waals surface area contributed by atoms with Gasteiger partial charge in [-0.1, -0.05) is 15.9 Å². The number of carbonyl (C=O) groups excluding carboxylic acids is 1. The number of halogens is 1. The summed E-state index contributed by atoms with van der Waals surface area (Å²) in [6.07, 6.45) is 1.69. The van der Waals surface area contributed by atoms with E-state index in [1.54, 1.807) is 24.4 Å². The number of ether oxygens (including phenoxy) is 1. The van der Waals surface area contributed by atoms with E-state index < -0.39 is 5.60 Å². The topological polar surface area (TPSA) is 52.1 Å². The first kappa shape index (κ1) is 13.9. The second-order valence-electron chi connectivity index (χ2n) is 5.20. The Morgan fingerprint density at radius 3 is 2.68 bits per heavy atom. The molecule has 1 heterocycles. The smallest absolute Gasteiger partial charge is 0.338 e. The number of aromatic nitrogens is 2. The van der Waals surface area contributed by atoms with Crippen molar-refractivity contribution in [3.63, 3.8) is 0 Å². The molecule has 1 aromatic carbocycles. The van der Waals surface area contributed by atoms with Crippen LogP contribution in [0.3, 0.4) is 0 Å². The second-order valence-corrected chi connectivity index (χ2v) is 5.76. The average molecular weight is 323 g/mol. The second kappa shape index (κ2) is 5.25. The van der Waals surface area contributed by atoms with Gasteiger partial charge in [0.1, 0.15) is 5.60 Å². The number of hydrogen-bond acceptors (Lipinski definition) is 4. The third kappa shape index (κ3) is 3.50. The fraction of sp³-hybridized carbons (Fsp3) is 0.357. The van der Waals surface area contributed by atoms with Gasteiger partial charge in [-0.25, -0.2) is 9.78 Å². The Kier molecular flexibility index (Phi) is 3.85. The van der Waals surface area contributed by atoms with Gasteiger partial charge in [-0.05, 0) is 39.0 Å². The summed E-state index contributed by atoms with van der Waals surface area (Å²) < 4.78 is 5.32. The molecule has 0 radical (unpaired) electrons. The van der Waals surface area contributed by atoms with Crippen LogP contribution in [0, 0.1) is 0 Å². The van der Waals surface area contributed by atoms with Gasteiger partial charge in [0.25, 0.3) is 0 Å². The first-order valence-electron chi connectivity index (χ1n) is 5.94. The maximum atomic E-state index is 11.9. The van der Waals surface area contributed by atoms with Crippen molar-refractivity contribution < 1.29 is 9.53 Å². The van der Waals surface area contributed by atoms with Crippen LogP contribution < -0.4 is 0 Å². The number of fused-ring (bicyclic) bond motifs is 1. The summed E-state index contributed by atoms with van der Waals surface area (Å²) in [6.45, 7) is 5.52. The minimum Gasteiger partial charge on any atom is -0.456 e. The third-order valence-corrected chi connectivity index (χ3v) is 2.94. The fourth-order valence-corrected chi connectivity index (χ4v) is 1.85. The SMILES string of the molecule is CC(C)(C)OC(=O)c1ccc2nc(CBr)cnc2c1. The molecule has 0 saturated carbocycles. The van der Waals surface area contributed by atoms with Crippen LogP contribution in [0.2, 0.25) is 0 Å². The summed E-state index contributed by atoms with van der Waals surface area (Å²) in [7, 11) is 0. The highest BCUT2D eigenvalue weighted by Crippen LogP contribution is 2.17. The molecule has 0 N–H and O–H groups in total. The van der Waals surface area contributed by atoms with Crippen LogP contribution in [0.25, 0.3) is 11.0 Å². The van der Waals surface area contributed by atoms with Gasteiger partial charge >= 0.3 is 5.97 Å². The predicted octanol–water partition coefficient (Wildman–Crippen LogP) is 3.48. The van der Waals surface area contributed by atoms with Gasteiger partial charge in [0.05, 0.1) is 22.3 Å². The van der Waals surface area contributed by atoms with E-state index in [1.165, 1.54) is 0 Å². The highest BCUT2D eigenvalue weighted by Gasteiger charge is 2.18. The largest absolute Gasteiger partial charge is 0.456 e. The van der Waals surface area contributed by atoms with Crippen LogP contribution in [0.4, 0.5) is 0 Å². The zero-order chi connectivity index (χ0) is 14.0. The number of hydrogen-bond donors (Lipinski definition) is 0. The van der Waals surface area contributed by atoms with Crippen LogP contribution in [0.5, 0.6) is 0 Å². The Morgan fingerprint density at radius 2 is 2.05 bits per heavy atom. The third-order valence-electron chi connectivity index (χ3n) is 2.36. The predicted molar refractivity (Wildman–Crippen MR) is 77.3 cm³/mol. The number of esters is 1. The van der Waals surface area contributed by atoms with E-state index in [4.69, 9.17) is 4.74 Å². The zero-order valence-electron chi connectivity index (χ0n) is 11.1. The summed E-state index contributed by atoms with van der Waals surface area (Å²) >= 11 is 3.34. The summed E-state index contributed by atoms with van der Waals surface area (Å²) in [5, 5.41) is 0.657. The van der Waals surface area contributed by atoms with Crippen LogP contribution in [0.1, 0.15) is 36.8 Å². The molecule has 19 heavy (non-hydrogen) atoms. The van der Waals surface area contributed by atoms with Gasteiger partial charge in [0.2, 0.25) is 0 Å². The first-order valence-corrected chi connectivity index (χ1v) is 7.06. The summed E-state index contributed by atoms with van der Waals surface area (Å²) in [6, 6.07) is 5.20. The molecule has 0 fully saturated rings. The molecule has 0 unspecified atom stereocenters. The van der Waals surface area contributed by atoms with E-state index in [9.17, 15) is 4.79 Å². The van der Waals surface area contributed by atoms with E-state index in [0.717, 1.165) is 11.2 Å². The maximum absolute atomic E-state index is 11.9. The van der Waals surface area contributed by atoms with E-state index in [0.29, 0.717) is 16.4 Å². The van der Waals surface area contributed by atoms with Gasteiger partial charge in [0.15, 0.2) is 0 Å². The molecule has 5 heteroatoms. The average Bonchev–Trinajstić information content (AvgIpc) is 2.35. The van der Waals surface area contributed by atoms with Crippen LogP contribution in [-0.2, 0) is 10.1 Å².